The van der Waals surface area contributed by atoms with E-state index in [-0.39, 0.29) is 0 Å². The van der Waals surface area contributed by atoms with Gasteiger partial charge in [0.15, 0.2) is 0 Å². The van der Waals surface area contributed by atoms with Gasteiger partial charge in [0.05, 0.1) is 22.6 Å². The summed E-state index contributed by atoms with van der Waals surface area (Å²) < 4.78 is 1.68. The summed E-state index contributed by atoms with van der Waals surface area (Å²) in [5, 5.41) is 8.46. The predicted octanol–water partition coefficient (Wildman–Crippen LogP) is 1.69. The van der Waals surface area contributed by atoms with Gasteiger partial charge in [0.1, 0.15) is 0 Å². The number of hydrogen-bond donors (Lipinski definition) is 1. The summed E-state index contributed by atoms with van der Waals surface area (Å²) in [5.74, 6) is 0. The topological polar surface area (TPSA) is 56.7 Å². The first-order chi connectivity index (χ1) is 7.24. The third-order valence-electron chi connectivity index (χ3n) is 2.23. The van der Waals surface area contributed by atoms with Gasteiger partial charge in [-0.2, -0.15) is 0 Å². The normalized spacial score (nSPS) is 10.6. The lowest BCUT2D eigenvalue weighted by Gasteiger charge is -2.09. The molecule has 2 rings (SSSR count). The lowest BCUT2D eigenvalue weighted by Crippen LogP contribution is -2.08. The number of rotatable bonds is 2. The number of aromatic nitrogens is 3. The lowest BCUT2D eigenvalue weighted by molar-refractivity contribution is 0.758. The minimum Gasteiger partial charge on any atom is -0.325 e. The van der Waals surface area contributed by atoms with Gasteiger partial charge in [-0.3, -0.25) is 0 Å². The fraction of sp³-hybridized carbons (Fsp3) is 0.200. The Kier molecular flexibility index (Phi) is 2.70. The van der Waals surface area contributed by atoms with Gasteiger partial charge < -0.3 is 5.73 Å². The molecule has 0 fully saturated rings. The number of hydrogen-bond acceptors (Lipinski definition) is 3. The van der Waals surface area contributed by atoms with Crippen molar-refractivity contribution in [2.45, 2.75) is 13.5 Å². The van der Waals surface area contributed by atoms with Crippen molar-refractivity contribution in [2.24, 2.45) is 5.73 Å². The zero-order chi connectivity index (χ0) is 10.8. The molecule has 0 bridgehead atoms. The molecule has 1 aromatic heterocycles. The first-order valence-corrected chi connectivity index (χ1v) is 4.97. The Morgan fingerprint density at radius 3 is 2.93 bits per heavy atom. The molecule has 15 heavy (non-hydrogen) atoms. The number of halogens is 1. The fourth-order valence-electron chi connectivity index (χ4n) is 1.48. The van der Waals surface area contributed by atoms with Crippen LogP contribution in [0, 0.1) is 6.92 Å². The molecular formula is C10H11ClN4. The summed E-state index contributed by atoms with van der Waals surface area (Å²) in [5.41, 5.74) is 8.32. The molecule has 4 nitrogen and oxygen atoms in total. The second-order valence-corrected chi connectivity index (χ2v) is 3.65. The molecule has 78 valence electrons. The van der Waals surface area contributed by atoms with Crippen LogP contribution in [0.1, 0.15) is 11.3 Å². The second kappa shape index (κ2) is 4.00. The van der Waals surface area contributed by atoms with Gasteiger partial charge in [0, 0.05) is 6.54 Å². The third kappa shape index (κ3) is 1.73. The molecule has 0 saturated heterocycles. The summed E-state index contributed by atoms with van der Waals surface area (Å²) in [6, 6.07) is 5.70. The van der Waals surface area contributed by atoms with Crippen LogP contribution in [0.15, 0.2) is 24.4 Å². The molecule has 0 spiro atoms. The van der Waals surface area contributed by atoms with E-state index in [0.717, 1.165) is 16.9 Å². The largest absolute Gasteiger partial charge is 0.325 e. The van der Waals surface area contributed by atoms with Gasteiger partial charge in [0.2, 0.25) is 0 Å². The Hall–Kier alpha value is -1.39. The smallest absolute Gasteiger partial charge is 0.0882 e. The summed E-state index contributed by atoms with van der Waals surface area (Å²) in [4.78, 5) is 0. The maximum Gasteiger partial charge on any atom is 0.0882 e. The molecule has 0 radical (unpaired) electrons. The van der Waals surface area contributed by atoms with E-state index in [1.807, 2.05) is 25.1 Å². The fourth-order valence-corrected chi connectivity index (χ4v) is 1.78. The highest BCUT2D eigenvalue weighted by molar-refractivity contribution is 6.32. The first kappa shape index (κ1) is 10.1. The van der Waals surface area contributed by atoms with Gasteiger partial charge in [-0.1, -0.05) is 28.9 Å². The molecule has 5 heteroatoms. The molecule has 0 unspecified atom stereocenters. The number of aryl methyl sites for hydroxylation is 1. The zero-order valence-electron chi connectivity index (χ0n) is 8.31. The monoisotopic (exact) mass is 222 g/mol. The summed E-state index contributed by atoms with van der Waals surface area (Å²) in [6.07, 6.45) is 1.64. The number of nitrogens with two attached hydrogens (primary N) is 1. The molecule has 1 heterocycles. The van der Waals surface area contributed by atoms with Crippen molar-refractivity contribution in [2.75, 3.05) is 0 Å². The van der Waals surface area contributed by atoms with E-state index in [2.05, 4.69) is 10.3 Å². The average molecular weight is 223 g/mol. The molecule has 2 N–H and O–H groups in total. The lowest BCUT2D eigenvalue weighted by atomic mass is 10.2. The molecule has 0 atom stereocenters. The Labute approximate surface area is 92.7 Å². The van der Waals surface area contributed by atoms with Crippen LogP contribution in [-0.4, -0.2) is 15.0 Å². The molecule has 0 aliphatic carbocycles. The minimum absolute atomic E-state index is 0.387. The molecule has 0 saturated carbocycles. The third-order valence-corrected chi connectivity index (χ3v) is 2.53. The first-order valence-electron chi connectivity index (χ1n) is 4.59. The summed E-state index contributed by atoms with van der Waals surface area (Å²) in [6.45, 7) is 2.36. The van der Waals surface area contributed by atoms with Crippen molar-refractivity contribution in [1.82, 2.24) is 15.0 Å². The summed E-state index contributed by atoms with van der Waals surface area (Å²) >= 11 is 6.12. The van der Waals surface area contributed by atoms with Crippen LogP contribution < -0.4 is 5.73 Å². The molecule has 0 aliphatic rings. The molecule has 0 aliphatic heterocycles. The highest BCUT2D eigenvalue weighted by Gasteiger charge is 2.10. The van der Waals surface area contributed by atoms with E-state index in [0.29, 0.717) is 11.6 Å². The highest BCUT2D eigenvalue weighted by Crippen LogP contribution is 2.23. The van der Waals surface area contributed by atoms with Crippen molar-refractivity contribution >= 4 is 11.6 Å². The van der Waals surface area contributed by atoms with E-state index in [9.17, 15) is 0 Å². The van der Waals surface area contributed by atoms with Crippen LogP contribution in [-0.2, 0) is 6.54 Å². The Morgan fingerprint density at radius 2 is 2.27 bits per heavy atom. The van der Waals surface area contributed by atoms with Crippen molar-refractivity contribution in [3.05, 3.63) is 40.7 Å². The van der Waals surface area contributed by atoms with Crippen LogP contribution in [0.2, 0.25) is 5.02 Å². The van der Waals surface area contributed by atoms with E-state index < -0.39 is 0 Å². The van der Waals surface area contributed by atoms with E-state index in [4.69, 9.17) is 17.3 Å². The van der Waals surface area contributed by atoms with Gasteiger partial charge in [-0.15, -0.1) is 5.10 Å². The SMILES string of the molecule is Cc1cccc(Cl)c1-n1nncc1CN. The Bertz CT molecular complexity index is 458. The van der Waals surface area contributed by atoms with Crippen LogP contribution >= 0.6 is 11.6 Å². The minimum atomic E-state index is 0.387. The van der Waals surface area contributed by atoms with Gasteiger partial charge in [-0.25, -0.2) is 4.68 Å². The quantitative estimate of drug-likeness (QED) is 0.841. The summed E-state index contributed by atoms with van der Waals surface area (Å²) in [7, 11) is 0. The van der Waals surface area contributed by atoms with Crippen LogP contribution in [0.4, 0.5) is 0 Å². The molecular weight excluding hydrogens is 212 g/mol. The van der Waals surface area contributed by atoms with Crippen LogP contribution in [0.25, 0.3) is 5.69 Å². The van der Waals surface area contributed by atoms with E-state index in [1.165, 1.54) is 0 Å². The molecule has 2 aromatic rings. The van der Waals surface area contributed by atoms with Crippen molar-refractivity contribution < 1.29 is 0 Å². The van der Waals surface area contributed by atoms with Crippen molar-refractivity contribution in [3.8, 4) is 5.69 Å². The van der Waals surface area contributed by atoms with Gasteiger partial charge in [0.25, 0.3) is 0 Å². The zero-order valence-corrected chi connectivity index (χ0v) is 9.07. The van der Waals surface area contributed by atoms with Crippen molar-refractivity contribution in [3.63, 3.8) is 0 Å². The molecule has 1 aromatic carbocycles. The number of para-hydroxylation sites is 1. The molecule has 0 amide bonds. The number of benzene rings is 1. The predicted molar refractivity (Wildman–Crippen MR) is 59.0 cm³/mol. The Balaban J connectivity index is 2.63. The maximum absolute atomic E-state index is 6.12. The van der Waals surface area contributed by atoms with Gasteiger partial charge in [-0.05, 0) is 18.6 Å². The van der Waals surface area contributed by atoms with Crippen LogP contribution in [0.3, 0.4) is 0 Å². The van der Waals surface area contributed by atoms with Crippen LogP contribution in [0.5, 0.6) is 0 Å². The maximum atomic E-state index is 6.12. The van der Waals surface area contributed by atoms with Gasteiger partial charge >= 0.3 is 0 Å². The average Bonchev–Trinajstić information content (AvgIpc) is 2.65. The standard InChI is InChI=1S/C10H11ClN4/c1-7-3-2-4-9(11)10(7)15-8(5-12)6-13-14-15/h2-4,6H,5,12H2,1H3. The second-order valence-electron chi connectivity index (χ2n) is 3.25. The van der Waals surface area contributed by atoms with E-state index >= 15 is 0 Å². The Morgan fingerprint density at radius 1 is 1.47 bits per heavy atom. The van der Waals surface area contributed by atoms with E-state index in [1.54, 1.807) is 10.9 Å². The van der Waals surface area contributed by atoms with Crippen molar-refractivity contribution in [1.29, 1.82) is 0 Å². The highest BCUT2D eigenvalue weighted by atomic mass is 35.5. The number of nitrogens with zero attached hydrogens (tertiary/aromatic N) is 3.